The number of imidazole rings is 1. The lowest BCUT2D eigenvalue weighted by Crippen LogP contribution is -2.58. The molecule has 17 nitrogen and oxygen atoms in total. The first-order valence-corrected chi connectivity index (χ1v) is 26.5. The lowest BCUT2D eigenvalue weighted by atomic mass is 9.98. The van der Waals surface area contributed by atoms with Crippen molar-refractivity contribution in [2.75, 3.05) is 85.9 Å². The minimum Gasteiger partial charge on any atom is -0.374 e. The third kappa shape index (κ3) is 10.7. The van der Waals surface area contributed by atoms with E-state index < -0.39 is 10.9 Å². The predicted octanol–water partition coefficient (Wildman–Crippen LogP) is 6.93. The summed E-state index contributed by atoms with van der Waals surface area (Å²) in [6.45, 7) is 17.7. The molecule has 0 aliphatic carbocycles. The average molecular weight is 1040 g/mol. The fourth-order valence-electron chi connectivity index (χ4n) is 11.3. The van der Waals surface area contributed by atoms with E-state index in [4.69, 9.17) is 39.8 Å². The monoisotopic (exact) mass is 1040 g/mol. The number of rotatable bonds is 10. The number of nitrogens with one attached hydrogen (secondary N) is 4. The molecule has 0 saturated carbocycles. The summed E-state index contributed by atoms with van der Waals surface area (Å²) >= 11 is 18.9. The van der Waals surface area contributed by atoms with E-state index in [1.807, 2.05) is 0 Å². The number of benzene rings is 2. The van der Waals surface area contributed by atoms with E-state index in [0.29, 0.717) is 86.0 Å². The number of aromatic nitrogens is 6. The summed E-state index contributed by atoms with van der Waals surface area (Å²) in [5, 5.41) is 7.03. The van der Waals surface area contributed by atoms with Gasteiger partial charge in [-0.3, -0.25) is 39.2 Å². The Morgan fingerprint density at radius 2 is 1.21 bits per heavy atom. The van der Waals surface area contributed by atoms with Gasteiger partial charge in [-0.15, -0.1) is 0 Å². The van der Waals surface area contributed by atoms with Gasteiger partial charge in [-0.2, -0.15) is 0 Å². The van der Waals surface area contributed by atoms with Crippen LogP contribution in [-0.2, 0) is 19.6 Å². The van der Waals surface area contributed by atoms with Crippen molar-refractivity contribution in [1.82, 2.24) is 49.5 Å². The van der Waals surface area contributed by atoms with Gasteiger partial charge in [-0.05, 0) is 89.3 Å². The molecule has 6 aromatic rings. The molecule has 72 heavy (non-hydrogen) atoms. The first kappa shape index (κ1) is 50.3. The molecule has 11 rings (SSSR count). The molecule has 5 aliphatic heterocycles. The summed E-state index contributed by atoms with van der Waals surface area (Å²) in [4.78, 5) is 73.6. The summed E-state index contributed by atoms with van der Waals surface area (Å²) in [7, 11) is 0. The van der Waals surface area contributed by atoms with Crippen molar-refractivity contribution in [3.63, 3.8) is 0 Å². The van der Waals surface area contributed by atoms with E-state index in [1.54, 1.807) is 12.1 Å². The number of hydrogen-bond acceptors (Lipinski definition) is 15. The molecular formula is C51H62Cl3FN14O3. The van der Waals surface area contributed by atoms with E-state index in [1.165, 1.54) is 30.0 Å². The Morgan fingerprint density at radius 3 is 1.81 bits per heavy atom. The minimum atomic E-state index is -0.548. The molecule has 0 unspecified atom stereocenters. The zero-order chi connectivity index (χ0) is 50.2. The van der Waals surface area contributed by atoms with Crippen molar-refractivity contribution in [3.8, 4) is 0 Å². The summed E-state index contributed by atoms with van der Waals surface area (Å²) < 4.78 is 14.3. The fourth-order valence-corrected chi connectivity index (χ4v) is 12.0. The molecule has 0 amide bonds. The highest BCUT2D eigenvalue weighted by Crippen LogP contribution is 2.35. The highest BCUT2D eigenvalue weighted by Gasteiger charge is 2.37. The Bertz CT molecular complexity index is 3020. The molecule has 5 aliphatic rings. The minimum absolute atomic E-state index is 0.239. The van der Waals surface area contributed by atoms with Gasteiger partial charge >= 0.3 is 5.69 Å². The maximum Gasteiger partial charge on any atom is 0.326 e. The largest absolute Gasteiger partial charge is 0.374 e. The summed E-state index contributed by atoms with van der Waals surface area (Å²) in [6.07, 6.45) is 6.55. The van der Waals surface area contributed by atoms with Gasteiger partial charge in [0.2, 0.25) is 0 Å². The molecule has 4 fully saturated rings. The van der Waals surface area contributed by atoms with Crippen LogP contribution in [0.3, 0.4) is 0 Å². The van der Waals surface area contributed by atoms with Crippen LogP contribution in [-0.4, -0.2) is 139 Å². The van der Waals surface area contributed by atoms with Gasteiger partial charge in [0, 0.05) is 87.1 Å². The third-order valence-electron chi connectivity index (χ3n) is 15.4. The van der Waals surface area contributed by atoms with Crippen LogP contribution in [0.15, 0.2) is 56.8 Å². The molecule has 8 heterocycles. The van der Waals surface area contributed by atoms with Crippen LogP contribution in [0.2, 0.25) is 15.3 Å². The lowest BCUT2D eigenvalue weighted by Gasteiger charge is -2.47. The molecule has 0 spiro atoms. The zero-order valence-electron chi connectivity index (χ0n) is 41.0. The Hall–Kier alpha value is -5.21. The lowest BCUT2D eigenvalue weighted by molar-refractivity contribution is 0.0607. The number of fused-ring (bicyclic) bond motifs is 3. The van der Waals surface area contributed by atoms with Gasteiger partial charge in [0.25, 0.3) is 10.9 Å². The second-order valence-corrected chi connectivity index (χ2v) is 21.0. The van der Waals surface area contributed by atoms with Crippen LogP contribution in [0, 0.1) is 12.7 Å². The maximum atomic E-state index is 14.3. The number of piperidine rings is 2. The molecule has 0 bridgehead atoms. The highest BCUT2D eigenvalue weighted by atomic mass is 35.5. The standard InChI is InChI=1S/C27H30Cl2FN7O2.C24H32ClN7O/c1-2-17-14-36(27-25(29)32-20-12-31-21-22(24(39)23(21)38)33-26(20)34-27)9-10-37(17)18-5-7-35(8-6-18)13-15-3-4-16(28)11-19(15)30;1-3-18-15-31(23-20(25)26-21-22(27-23)29-24(33)28-21)12-13-32(18)19-8-10-30(11-9-19)14-17-6-4-16(2)5-7-17/h3-4,11,17-18,31H,2,5-10,12-14H2,1H3,(H,33,34);4-7,18-19H,3,8-15H2,1-2H3,(H2,26,27,28,29,33)/t17-;18-/m00/s1. The topological polar surface area (TPSA) is 178 Å². The number of aromatic amines is 2. The molecule has 4 saturated heterocycles. The average Bonchev–Trinajstić information content (AvgIpc) is 3.67. The first-order valence-electron chi connectivity index (χ1n) is 25.3. The smallest absolute Gasteiger partial charge is 0.326 e. The molecule has 21 heteroatoms. The maximum absolute atomic E-state index is 14.3. The fraction of sp³-hybridized carbons (Fsp3) is 0.510. The zero-order valence-corrected chi connectivity index (χ0v) is 43.3. The number of anilines is 5. The molecule has 382 valence electrons. The SMILES string of the molecule is CC[C@H]1CN(c2nc3[nH]c(=O)[nH]c3nc2Cl)CCN1C1CCN(Cc2ccc(C)cc2)CC1.CC[C@H]1CN(c2nc3c(nc2Cl)CNc2c(c(=O)c2=O)N3)CCN1C1CCN(Cc2ccc(Cl)cc2F)CC1. The van der Waals surface area contributed by atoms with Gasteiger partial charge in [0.15, 0.2) is 39.1 Å². The van der Waals surface area contributed by atoms with Gasteiger partial charge in [-0.1, -0.05) is 84.5 Å². The van der Waals surface area contributed by atoms with Crippen molar-refractivity contribution in [3.05, 3.63) is 117 Å². The van der Waals surface area contributed by atoms with Crippen LogP contribution in [0.25, 0.3) is 11.3 Å². The van der Waals surface area contributed by atoms with E-state index in [-0.39, 0.29) is 29.4 Å². The Kier molecular flexibility index (Phi) is 15.2. The quantitative estimate of drug-likeness (QED) is 0.104. The van der Waals surface area contributed by atoms with Crippen molar-refractivity contribution in [1.29, 1.82) is 0 Å². The normalized spacial score (nSPS) is 20.9. The molecule has 4 N–H and O–H groups in total. The number of halogens is 4. The van der Waals surface area contributed by atoms with Gasteiger partial charge in [0.1, 0.15) is 22.9 Å². The Morgan fingerprint density at radius 1 is 0.653 bits per heavy atom. The van der Waals surface area contributed by atoms with Crippen LogP contribution < -0.4 is 37.0 Å². The predicted molar refractivity (Wildman–Crippen MR) is 284 cm³/mol. The van der Waals surface area contributed by atoms with Crippen molar-refractivity contribution in [2.24, 2.45) is 0 Å². The molecule has 3 aromatic heterocycles. The summed E-state index contributed by atoms with van der Waals surface area (Å²) in [6, 6.07) is 15.7. The van der Waals surface area contributed by atoms with Crippen molar-refractivity contribution in [2.45, 2.75) is 103 Å². The van der Waals surface area contributed by atoms with E-state index in [0.717, 1.165) is 97.7 Å². The highest BCUT2D eigenvalue weighted by molar-refractivity contribution is 6.32. The number of piperazine rings is 2. The summed E-state index contributed by atoms with van der Waals surface area (Å²) in [5.74, 6) is 1.45. The van der Waals surface area contributed by atoms with Gasteiger partial charge in [-0.25, -0.2) is 29.1 Å². The van der Waals surface area contributed by atoms with Crippen LogP contribution in [0.1, 0.15) is 74.8 Å². The Balaban J connectivity index is 0.000000168. The number of aryl methyl sites for hydroxylation is 1. The first-order chi connectivity index (χ1) is 34.8. The molecule has 3 aromatic carbocycles. The Labute approximate surface area is 432 Å². The van der Waals surface area contributed by atoms with Crippen molar-refractivity contribution >= 4 is 74.9 Å². The second kappa shape index (κ2) is 21.7. The molecular weight excluding hydrogens is 982 g/mol. The number of hydrogen-bond donors (Lipinski definition) is 4. The van der Waals surface area contributed by atoms with Crippen LogP contribution in [0.4, 0.5) is 33.2 Å². The molecule has 0 radical (unpaired) electrons. The summed E-state index contributed by atoms with van der Waals surface area (Å²) in [5.41, 5.74) is 3.94. The van der Waals surface area contributed by atoms with Crippen molar-refractivity contribution < 1.29 is 4.39 Å². The number of nitrogens with zero attached hydrogens (tertiary/aromatic N) is 10. The van der Waals surface area contributed by atoms with E-state index in [2.05, 4.69) is 110 Å². The third-order valence-corrected chi connectivity index (χ3v) is 16.1. The van der Waals surface area contributed by atoms with Gasteiger partial charge < -0.3 is 20.4 Å². The second-order valence-electron chi connectivity index (χ2n) is 19.9. The van der Waals surface area contributed by atoms with E-state index in [9.17, 15) is 18.8 Å². The van der Waals surface area contributed by atoms with Crippen LogP contribution >= 0.6 is 34.8 Å². The van der Waals surface area contributed by atoms with E-state index >= 15 is 0 Å². The van der Waals surface area contributed by atoms with Crippen LogP contribution in [0.5, 0.6) is 0 Å². The number of H-pyrrole nitrogens is 2. The van der Waals surface area contributed by atoms with Gasteiger partial charge in [0.05, 0.1) is 6.54 Å². The molecule has 2 atom stereocenters. The number of likely N-dealkylation sites (tertiary alicyclic amines) is 2.